The van der Waals surface area contributed by atoms with Crippen molar-refractivity contribution in [2.75, 3.05) is 25.1 Å². The number of aromatic amines is 1. The van der Waals surface area contributed by atoms with E-state index >= 15 is 0 Å². The van der Waals surface area contributed by atoms with Gasteiger partial charge in [0.1, 0.15) is 11.6 Å². The van der Waals surface area contributed by atoms with Gasteiger partial charge in [-0.2, -0.15) is 0 Å². The number of nitrogens with zero attached hydrogens (tertiary/aromatic N) is 2. The predicted molar refractivity (Wildman–Crippen MR) is 92.7 cm³/mol. The minimum atomic E-state index is -0.00672. The maximum absolute atomic E-state index is 12.6. The van der Waals surface area contributed by atoms with E-state index in [0.29, 0.717) is 16.9 Å². The number of nitrogens with one attached hydrogen (secondary N) is 1. The number of fused-ring (bicyclic) bond motifs is 1. The summed E-state index contributed by atoms with van der Waals surface area (Å²) in [4.78, 5) is 22.2. The Morgan fingerprint density at radius 2 is 2.04 bits per heavy atom. The standard InChI is InChI=1S/C18H19N3O3/c1-23-16-8-14-12(7-13(16)17-10-19-11-24-17)15(22)9-18(20-14)21-5-3-2-4-6-21/h7-11H,2-6H2,1H3,(H,20,22). The molecule has 6 heteroatoms. The number of hydrogen-bond acceptors (Lipinski definition) is 5. The molecule has 124 valence electrons. The fourth-order valence-corrected chi connectivity index (χ4v) is 3.28. The van der Waals surface area contributed by atoms with Crippen LogP contribution in [0.1, 0.15) is 19.3 Å². The lowest BCUT2D eigenvalue weighted by Gasteiger charge is -2.28. The van der Waals surface area contributed by atoms with E-state index in [0.717, 1.165) is 42.8 Å². The van der Waals surface area contributed by atoms with E-state index < -0.39 is 0 Å². The summed E-state index contributed by atoms with van der Waals surface area (Å²) >= 11 is 0. The zero-order valence-electron chi connectivity index (χ0n) is 13.5. The maximum Gasteiger partial charge on any atom is 0.191 e. The largest absolute Gasteiger partial charge is 0.496 e. The van der Waals surface area contributed by atoms with Crippen LogP contribution in [0.2, 0.25) is 0 Å². The van der Waals surface area contributed by atoms with Crippen LogP contribution in [0.5, 0.6) is 5.75 Å². The number of ether oxygens (including phenoxy) is 1. The molecule has 0 atom stereocenters. The van der Waals surface area contributed by atoms with Crippen molar-refractivity contribution in [3.05, 3.63) is 41.0 Å². The van der Waals surface area contributed by atoms with Crippen LogP contribution in [0.4, 0.5) is 5.82 Å². The quantitative estimate of drug-likeness (QED) is 0.801. The molecular weight excluding hydrogens is 306 g/mol. The van der Waals surface area contributed by atoms with Crippen molar-refractivity contribution < 1.29 is 9.15 Å². The molecule has 1 saturated heterocycles. The van der Waals surface area contributed by atoms with Gasteiger partial charge in [-0.05, 0) is 25.3 Å². The molecule has 3 aromatic rings. The Bertz CT molecular complexity index is 909. The zero-order chi connectivity index (χ0) is 16.5. The smallest absolute Gasteiger partial charge is 0.191 e. The molecule has 0 saturated carbocycles. The van der Waals surface area contributed by atoms with E-state index in [1.54, 1.807) is 25.4 Å². The molecule has 1 N–H and O–H groups in total. The second-order valence-corrected chi connectivity index (χ2v) is 6.03. The molecule has 0 amide bonds. The van der Waals surface area contributed by atoms with Crippen molar-refractivity contribution in [2.24, 2.45) is 0 Å². The number of oxazole rings is 1. The number of H-pyrrole nitrogens is 1. The van der Waals surface area contributed by atoms with Crippen LogP contribution in [0, 0.1) is 0 Å². The molecular formula is C18H19N3O3. The summed E-state index contributed by atoms with van der Waals surface area (Å²) in [5.74, 6) is 2.10. The van der Waals surface area contributed by atoms with Crippen LogP contribution in [0.15, 0.2) is 40.0 Å². The van der Waals surface area contributed by atoms with E-state index in [1.165, 1.54) is 12.8 Å². The van der Waals surface area contributed by atoms with Crippen LogP contribution in [-0.4, -0.2) is 30.2 Å². The number of aromatic nitrogens is 2. The Morgan fingerprint density at radius 1 is 1.21 bits per heavy atom. The highest BCUT2D eigenvalue weighted by atomic mass is 16.5. The van der Waals surface area contributed by atoms with Crippen molar-refractivity contribution in [3.8, 4) is 17.1 Å². The van der Waals surface area contributed by atoms with E-state index in [-0.39, 0.29) is 5.43 Å². The van der Waals surface area contributed by atoms with E-state index in [9.17, 15) is 4.79 Å². The average Bonchev–Trinajstić information content (AvgIpc) is 3.16. The van der Waals surface area contributed by atoms with Crippen LogP contribution in [0.3, 0.4) is 0 Å². The van der Waals surface area contributed by atoms with Gasteiger partial charge in [-0.1, -0.05) is 0 Å². The number of piperidine rings is 1. The number of benzene rings is 1. The topological polar surface area (TPSA) is 71.4 Å². The van der Waals surface area contributed by atoms with Gasteiger partial charge in [0.15, 0.2) is 17.6 Å². The first kappa shape index (κ1) is 14.8. The fraction of sp³-hybridized carbons (Fsp3) is 0.333. The lowest BCUT2D eigenvalue weighted by Crippen LogP contribution is -2.31. The third-order valence-electron chi connectivity index (χ3n) is 4.53. The Morgan fingerprint density at radius 3 is 2.75 bits per heavy atom. The minimum absolute atomic E-state index is 0.00672. The molecule has 2 aromatic heterocycles. The minimum Gasteiger partial charge on any atom is -0.496 e. The summed E-state index contributed by atoms with van der Waals surface area (Å²) in [5.41, 5.74) is 1.48. The molecule has 0 spiro atoms. The van der Waals surface area contributed by atoms with Gasteiger partial charge in [-0.3, -0.25) is 4.79 Å². The molecule has 6 nitrogen and oxygen atoms in total. The second kappa shape index (κ2) is 6.03. The molecule has 1 aromatic carbocycles. The van der Waals surface area contributed by atoms with Crippen molar-refractivity contribution in [3.63, 3.8) is 0 Å². The Balaban J connectivity index is 1.86. The number of anilines is 1. The Labute approximate surface area is 139 Å². The van der Waals surface area contributed by atoms with Crippen molar-refractivity contribution in [1.82, 2.24) is 9.97 Å². The van der Waals surface area contributed by atoms with Gasteiger partial charge in [0.2, 0.25) is 0 Å². The van der Waals surface area contributed by atoms with E-state index in [2.05, 4.69) is 14.9 Å². The van der Waals surface area contributed by atoms with Crippen LogP contribution in [0.25, 0.3) is 22.2 Å². The summed E-state index contributed by atoms with van der Waals surface area (Å²) in [5, 5.41) is 0.614. The molecule has 4 rings (SSSR count). The molecule has 1 aliphatic rings. The van der Waals surface area contributed by atoms with Gasteiger partial charge >= 0.3 is 0 Å². The Kier molecular flexibility index (Phi) is 3.72. The number of methoxy groups -OCH3 is 1. The molecule has 3 heterocycles. The van der Waals surface area contributed by atoms with Crippen LogP contribution in [-0.2, 0) is 0 Å². The van der Waals surface area contributed by atoms with Gasteiger partial charge in [0.25, 0.3) is 0 Å². The first-order chi connectivity index (χ1) is 11.8. The first-order valence-electron chi connectivity index (χ1n) is 8.15. The molecule has 0 bridgehead atoms. The Hall–Kier alpha value is -2.76. The highest BCUT2D eigenvalue weighted by molar-refractivity contribution is 5.88. The summed E-state index contributed by atoms with van der Waals surface area (Å²) in [7, 11) is 1.60. The van der Waals surface area contributed by atoms with Gasteiger partial charge in [0, 0.05) is 30.6 Å². The summed E-state index contributed by atoms with van der Waals surface area (Å²) in [6, 6.07) is 5.33. The zero-order valence-corrected chi connectivity index (χ0v) is 13.5. The molecule has 0 aliphatic carbocycles. The third kappa shape index (κ3) is 2.54. The second-order valence-electron chi connectivity index (χ2n) is 6.03. The molecule has 0 unspecified atom stereocenters. The van der Waals surface area contributed by atoms with Crippen molar-refractivity contribution in [1.29, 1.82) is 0 Å². The number of rotatable bonds is 3. The van der Waals surface area contributed by atoms with E-state index in [4.69, 9.17) is 9.15 Å². The van der Waals surface area contributed by atoms with E-state index in [1.807, 2.05) is 6.07 Å². The molecule has 1 fully saturated rings. The third-order valence-corrected chi connectivity index (χ3v) is 4.53. The van der Waals surface area contributed by atoms with Crippen molar-refractivity contribution >= 4 is 16.7 Å². The molecule has 24 heavy (non-hydrogen) atoms. The van der Waals surface area contributed by atoms with Crippen LogP contribution >= 0.6 is 0 Å². The first-order valence-corrected chi connectivity index (χ1v) is 8.15. The lowest BCUT2D eigenvalue weighted by molar-refractivity contribution is 0.415. The van der Waals surface area contributed by atoms with Gasteiger partial charge in [-0.25, -0.2) is 4.98 Å². The van der Waals surface area contributed by atoms with Gasteiger partial charge < -0.3 is 19.0 Å². The summed E-state index contributed by atoms with van der Waals surface area (Å²) in [6.45, 7) is 1.96. The lowest BCUT2D eigenvalue weighted by atomic mass is 10.1. The predicted octanol–water partition coefficient (Wildman–Crippen LogP) is 3.18. The van der Waals surface area contributed by atoms with Crippen molar-refractivity contribution in [2.45, 2.75) is 19.3 Å². The van der Waals surface area contributed by atoms with Gasteiger partial charge in [0.05, 0.1) is 24.4 Å². The molecule has 0 radical (unpaired) electrons. The summed E-state index contributed by atoms with van der Waals surface area (Å²) < 4.78 is 10.8. The van der Waals surface area contributed by atoms with Crippen LogP contribution < -0.4 is 15.1 Å². The highest BCUT2D eigenvalue weighted by Crippen LogP contribution is 2.33. The normalized spacial score (nSPS) is 15.0. The SMILES string of the molecule is COc1cc2[nH]c(N3CCCCC3)cc(=O)c2cc1-c1cnco1. The highest BCUT2D eigenvalue weighted by Gasteiger charge is 2.16. The number of hydrogen-bond donors (Lipinski definition) is 1. The number of pyridine rings is 1. The molecule has 1 aliphatic heterocycles. The maximum atomic E-state index is 12.6. The van der Waals surface area contributed by atoms with Gasteiger partial charge in [-0.15, -0.1) is 0 Å². The fourth-order valence-electron chi connectivity index (χ4n) is 3.28. The average molecular weight is 325 g/mol. The summed E-state index contributed by atoms with van der Waals surface area (Å²) in [6.07, 6.45) is 6.55. The monoisotopic (exact) mass is 325 g/mol.